The topological polar surface area (TPSA) is 38.3 Å². The van der Waals surface area contributed by atoms with Crippen LogP contribution in [0.5, 0.6) is 5.75 Å². The second-order valence-electron chi connectivity index (χ2n) is 5.78. The molecule has 22 heavy (non-hydrogen) atoms. The number of hydrogen-bond acceptors (Lipinski definition) is 2. The van der Waals surface area contributed by atoms with Crippen molar-refractivity contribution in [2.45, 2.75) is 26.8 Å². The maximum atomic E-state index is 11.8. The molecule has 3 nitrogen and oxygen atoms in total. The second-order valence-corrected chi connectivity index (χ2v) is 5.78. The lowest BCUT2D eigenvalue weighted by Crippen LogP contribution is -2.38. The highest BCUT2D eigenvalue weighted by atomic mass is 16.5. The third kappa shape index (κ3) is 4.62. The molecule has 1 amide bonds. The lowest BCUT2D eigenvalue weighted by atomic mass is 10.1. The van der Waals surface area contributed by atoms with Crippen LogP contribution < -0.4 is 10.1 Å². The number of amides is 1. The van der Waals surface area contributed by atoms with Crippen LogP contribution in [0.1, 0.15) is 20.8 Å². The monoisotopic (exact) mass is 297 g/mol. The molecular weight excluding hydrogens is 274 g/mol. The molecule has 0 fully saturated rings. The van der Waals surface area contributed by atoms with Gasteiger partial charge in [0, 0.05) is 6.04 Å². The Labute approximate surface area is 132 Å². The van der Waals surface area contributed by atoms with Crippen molar-refractivity contribution in [3.8, 4) is 16.9 Å². The number of rotatable bonds is 6. The fraction of sp³-hybridized carbons (Fsp3) is 0.316. The van der Waals surface area contributed by atoms with Crippen LogP contribution in [-0.4, -0.2) is 18.6 Å². The molecule has 3 heteroatoms. The summed E-state index contributed by atoms with van der Waals surface area (Å²) in [6.07, 6.45) is 0. The Bertz CT molecular complexity index is 591. The summed E-state index contributed by atoms with van der Waals surface area (Å²) in [7, 11) is 0. The van der Waals surface area contributed by atoms with Crippen LogP contribution in [0.15, 0.2) is 54.6 Å². The molecule has 0 aliphatic carbocycles. The number of benzene rings is 2. The minimum Gasteiger partial charge on any atom is -0.484 e. The van der Waals surface area contributed by atoms with Crippen LogP contribution in [0.25, 0.3) is 11.1 Å². The number of carbonyl (C=O) groups is 1. The number of carbonyl (C=O) groups excluding carboxylic acids is 1. The van der Waals surface area contributed by atoms with E-state index in [-0.39, 0.29) is 18.6 Å². The largest absolute Gasteiger partial charge is 0.484 e. The fourth-order valence-corrected chi connectivity index (χ4v) is 1.99. The normalized spacial score (nSPS) is 12.0. The van der Waals surface area contributed by atoms with Gasteiger partial charge in [-0.1, -0.05) is 56.3 Å². The van der Waals surface area contributed by atoms with E-state index >= 15 is 0 Å². The van der Waals surface area contributed by atoms with Gasteiger partial charge in [-0.05, 0) is 36.1 Å². The van der Waals surface area contributed by atoms with E-state index in [1.165, 1.54) is 0 Å². The first kappa shape index (κ1) is 16.1. The molecule has 0 aliphatic rings. The van der Waals surface area contributed by atoms with Crippen LogP contribution in [0, 0.1) is 5.92 Å². The lowest BCUT2D eigenvalue weighted by Gasteiger charge is -2.17. The predicted octanol–water partition coefficient (Wildman–Crippen LogP) is 3.89. The van der Waals surface area contributed by atoms with Crippen molar-refractivity contribution in [1.82, 2.24) is 5.32 Å². The Hall–Kier alpha value is -2.29. The van der Waals surface area contributed by atoms with Gasteiger partial charge >= 0.3 is 0 Å². The van der Waals surface area contributed by atoms with Gasteiger partial charge in [0.1, 0.15) is 5.75 Å². The van der Waals surface area contributed by atoms with Gasteiger partial charge in [-0.15, -0.1) is 0 Å². The standard InChI is InChI=1S/C19H23NO2/c1-14(2)15(3)20-19(21)13-22-18-11-9-17(10-12-18)16-7-5-4-6-8-16/h4-12,14-15H,13H2,1-3H3,(H,20,21)/t15-/m1/s1. The maximum Gasteiger partial charge on any atom is 0.258 e. The van der Waals surface area contributed by atoms with E-state index in [0.29, 0.717) is 11.7 Å². The predicted molar refractivity (Wildman–Crippen MR) is 89.8 cm³/mol. The van der Waals surface area contributed by atoms with Crippen molar-refractivity contribution >= 4 is 5.91 Å². The zero-order valence-corrected chi connectivity index (χ0v) is 13.4. The zero-order valence-electron chi connectivity index (χ0n) is 13.4. The molecule has 0 aliphatic heterocycles. The van der Waals surface area contributed by atoms with E-state index in [9.17, 15) is 4.79 Å². The average Bonchev–Trinajstić information content (AvgIpc) is 2.54. The molecule has 2 rings (SSSR count). The summed E-state index contributed by atoms with van der Waals surface area (Å²) < 4.78 is 5.53. The van der Waals surface area contributed by atoms with Crippen LogP contribution in [0.2, 0.25) is 0 Å². The lowest BCUT2D eigenvalue weighted by molar-refractivity contribution is -0.124. The Morgan fingerprint density at radius 1 is 0.955 bits per heavy atom. The summed E-state index contributed by atoms with van der Waals surface area (Å²) in [6, 6.07) is 18.1. The fourth-order valence-electron chi connectivity index (χ4n) is 1.99. The van der Waals surface area contributed by atoms with Crippen molar-refractivity contribution in [1.29, 1.82) is 0 Å². The highest BCUT2D eigenvalue weighted by molar-refractivity contribution is 5.77. The van der Waals surface area contributed by atoms with Gasteiger partial charge in [0.25, 0.3) is 5.91 Å². The first-order valence-corrected chi connectivity index (χ1v) is 7.64. The molecule has 0 aromatic heterocycles. The van der Waals surface area contributed by atoms with Crippen LogP contribution >= 0.6 is 0 Å². The molecule has 2 aromatic rings. The summed E-state index contributed by atoms with van der Waals surface area (Å²) >= 11 is 0. The van der Waals surface area contributed by atoms with Crippen molar-refractivity contribution in [2.75, 3.05) is 6.61 Å². The van der Waals surface area contributed by atoms with E-state index in [1.54, 1.807) is 0 Å². The Balaban J connectivity index is 1.88. The van der Waals surface area contributed by atoms with E-state index < -0.39 is 0 Å². The Morgan fingerprint density at radius 2 is 1.55 bits per heavy atom. The maximum absolute atomic E-state index is 11.8. The molecule has 0 radical (unpaired) electrons. The SMILES string of the molecule is CC(C)[C@@H](C)NC(=O)COc1ccc(-c2ccccc2)cc1. The van der Waals surface area contributed by atoms with Crippen LogP contribution in [-0.2, 0) is 4.79 Å². The van der Waals surface area contributed by atoms with E-state index in [4.69, 9.17) is 4.74 Å². The number of hydrogen-bond donors (Lipinski definition) is 1. The van der Waals surface area contributed by atoms with Crippen molar-refractivity contribution in [2.24, 2.45) is 5.92 Å². The molecule has 2 aromatic carbocycles. The van der Waals surface area contributed by atoms with Gasteiger partial charge < -0.3 is 10.1 Å². The van der Waals surface area contributed by atoms with Gasteiger partial charge in [-0.2, -0.15) is 0 Å². The van der Waals surface area contributed by atoms with Crippen LogP contribution in [0.3, 0.4) is 0 Å². The van der Waals surface area contributed by atoms with E-state index in [2.05, 4.69) is 31.3 Å². The minimum atomic E-state index is -0.0895. The molecule has 1 atom stereocenters. The molecule has 0 bridgehead atoms. The van der Waals surface area contributed by atoms with Gasteiger partial charge in [0.05, 0.1) is 0 Å². The zero-order chi connectivity index (χ0) is 15.9. The highest BCUT2D eigenvalue weighted by Crippen LogP contribution is 2.21. The average molecular weight is 297 g/mol. The van der Waals surface area contributed by atoms with Crippen LogP contribution in [0.4, 0.5) is 0 Å². The number of ether oxygens (including phenoxy) is 1. The second kappa shape index (κ2) is 7.64. The van der Waals surface area contributed by atoms with Crippen molar-refractivity contribution in [3.05, 3.63) is 54.6 Å². The Kier molecular flexibility index (Phi) is 5.59. The molecule has 0 saturated heterocycles. The Morgan fingerprint density at radius 3 is 2.14 bits per heavy atom. The van der Waals surface area contributed by atoms with Crippen molar-refractivity contribution in [3.63, 3.8) is 0 Å². The molecule has 0 saturated carbocycles. The quantitative estimate of drug-likeness (QED) is 0.878. The van der Waals surface area contributed by atoms with Crippen molar-refractivity contribution < 1.29 is 9.53 Å². The molecule has 116 valence electrons. The molecular formula is C19H23NO2. The van der Waals surface area contributed by atoms with E-state index in [0.717, 1.165) is 11.1 Å². The molecule has 0 unspecified atom stereocenters. The van der Waals surface area contributed by atoms with Gasteiger partial charge in [0.15, 0.2) is 6.61 Å². The van der Waals surface area contributed by atoms with E-state index in [1.807, 2.05) is 49.4 Å². The smallest absolute Gasteiger partial charge is 0.258 e. The van der Waals surface area contributed by atoms with Gasteiger partial charge in [0.2, 0.25) is 0 Å². The minimum absolute atomic E-state index is 0.0434. The first-order chi connectivity index (χ1) is 10.6. The molecule has 1 N–H and O–H groups in total. The third-order valence-electron chi connectivity index (χ3n) is 3.72. The summed E-state index contributed by atoms with van der Waals surface area (Å²) in [4.78, 5) is 11.8. The van der Waals surface area contributed by atoms with Gasteiger partial charge in [-0.3, -0.25) is 4.79 Å². The summed E-state index contributed by atoms with van der Waals surface area (Å²) in [5.74, 6) is 1.02. The summed E-state index contributed by atoms with van der Waals surface area (Å²) in [5, 5.41) is 2.92. The summed E-state index contributed by atoms with van der Waals surface area (Å²) in [6.45, 7) is 6.20. The summed E-state index contributed by atoms with van der Waals surface area (Å²) in [5.41, 5.74) is 2.29. The highest BCUT2D eigenvalue weighted by Gasteiger charge is 2.11. The number of nitrogens with one attached hydrogen (secondary N) is 1. The van der Waals surface area contributed by atoms with Gasteiger partial charge in [-0.25, -0.2) is 0 Å². The third-order valence-corrected chi connectivity index (χ3v) is 3.72. The molecule has 0 spiro atoms. The first-order valence-electron chi connectivity index (χ1n) is 7.64. The molecule has 0 heterocycles.